The lowest BCUT2D eigenvalue weighted by atomic mass is 10.1. The fourth-order valence-corrected chi connectivity index (χ4v) is 3.92. The highest BCUT2D eigenvalue weighted by atomic mass is 79.9. The molecule has 0 saturated carbocycles. The van der Waals surface area contributed by atoms with Crippen molar-refractivity contribution >= 4 is 33.6 Å². The van der Waals surface area contributed by atoms with Crippen LogP contribution in [-0.4, -0.2) is 16.6 Å². The second-order valence-electron chi connectivity index (χ2n) is 4.84. The van der Waals surface area contributed by atoms with Crippen LogP contribution in [0, 0.1) is 5.82 Å². The van der Waals surface area contributed by atoms with E-state index >= 15 is 0 Å². The van der Waals surface area contributed by atoms with Gasteiger partial charge in [-0.15, -0.1) is 11.8 Å². The Labute approximate surface area is 135 Å². The summed E-state index contributed by atoms with van der Waals surface area (Å²) >= 11 is 4.79. The van der Waals surface area contributed by atoms with Gasteiger partial charge in [0.1, 0.15) is 11.2 Å². The summed E-state index contributed by atoms with van der Waals surface area (Å²) in [5, 5.41) is -0.0605. The zero-order valence-corrected chi connectivity index (χ0v) is 13.5. The molecule has 0 aromatic heterocycles. The van der Waals surface area contributed by atoms with Crippen LogP contribution in [-0.2, 0) is 11.3 Å². The van der Waals surface area contributed by atoms with Gasteiger partial charge in [-0.1, -0.05) is 36.4 Å². The quantitative estimate of drug-likeness (QED) is 0.805. The molecule has 0 bridgehead atoms. The van der Waals surface area contributed by atoms with Gasteiger partial charge >= 0.3 is 0 Å². The Morgan fingerprint density at radius 2 is 2.00 bits per heavy atom. The minimum absolute atomic E-state index is 0.0605. The molecule has 1 fully saturated rings. The maximum Gasteiger partial charge on any atom is 0.234 e. The topological polar surface area (TPSA) is 20.3 Å². The van der Waals surface area contributed by atoms with Crippen LogP contribution in [0.5, 0.6) is 0 Å². The van der Waals surface area contributed by atoms with E-state index in [0.29, 0.717) is 16.8 Å². The summed E-state index contributed by atoms with van der Waals surface area (Å²) in [6, 6.07) is 14.8. The minimum atomic E-state index is -0.289. The largest absolute Gasteiger partial charge is 0.322 e. The van der Waals surface area contributed by atoms with Crippen molar-refractivity contribution < 1.29 is 9.18 Å². The highest BCUT2D eigenvalue weighted by Crippen LogP contribution is 2.40. The number of hydrogen-bond acceptors (Lipinski definition) is 2. The fraction of sp³-hybridized carbons (Fsp3) is 0.188. The zero-order valence-electron chi connectivity index (χ0n) is 11.1. The van der Waals surface area contributed by atoms with Crippen molar-refractivity contribution in [3.63, 3.8) is 0 Å². The first-order valence-electron chi connectivity index (χ1n) is 6.55. The third-order valence-corrected chi connectivity index (χ3v) is 5.26. The van der Waals surface area contributed by atoms with Crippen LogP contribution in [0.15, 0.2) is 53.0 Å². The molecule has 2 nitrogen and oxygen atoms in total. The molecule has 1 aliphatic rings. The molecule has 1 aliphatic heterocycles. The molecular weight excluding hydrogens is 353 g/mol. The second kappa shape index (κ2) is 6.20. The van der Waals surface area contributed by atoms with E-state index in [1.807, 2.05) is 35.2 Å². The number of thioether (sulfide) groups is 1. The Morgan fingerprint density at radius 1 is 1.24 bits per heavy atom. The van der Waals surface area contributed by atoms with Crippen LogP contribution < -0.4 is 0 Å². The first kappa shape index (κ1) is 14.6. The van der Waals surface area contributed by atoms with Crippen LogP contribution in [0.25, 0.3) is 0 Å². The minimum Gasteiger partial charge on any atom is -0.322 e. The number of benzene rings is 2. The summed E-state index contributed by atoms with van der Waals surface area (Å²) in [5.41, 5.74) is 2.04. The SMILES string of the molecule is O=C1CSC(c2ccc(F)c(Br)c2)N1Cc1ccccc1. The van der Waals surface area contributed by atoms with Crippen molar-refractivity contribution in [2.75, 3.05) is 5.75 Å². The predicted octanol–water partition coefficient (Wildman–Crippen LogP) is 4.36. The summed E-state index contributed by atoms with van der Waals surface area (Å²) in [6.07, 6.45) is 0. The maximum atomic E-state index is 13.4. The Balaban J connectivity index is 1.86. The first-order valence-corrected chi connectivity index (χ1v) is 8.39. The van der Waals surface area contributed by atoms with Gasteiger partial charge in [0.2, 0.25) is 5.91 Å². The van der Waals surface area contributed by atoms with Crippen LogP contribution >= 0.6 is 27.7 Å². The Hall–Kier alpha value is -1.33. The van der Waals surface area contributed by atoms with Crippen molar-refractivity contribution in [3.8, 4) is 0 Å². The van der Waals surface area contributed by atoms with Crippen molar-refractivity contribution in [2.45, 2.75) is 11.9 Å². The Kier molecular flexibility index (Phi) is 4.31. The van der Waals surface area contributed by atoms with Crippen LogP contribution in [0.3, 0.4) is 0 Å². The van der Waals surface area contributed by atoms with Gasteiger partial charge in [0.05, 0.1) is 10.2 Å². The number of carbonyl (C=O) groups excluding carboxylic acids is 1. The Morgan fingerprint density at radius 3 is 2.71 bits per heavy atom. The van der Waals surface area contributed by atoms with Crippen molar-refractivity contribution in [2.24, 2.45) is 0 Å². The molecule has 0 spiro atoms. The van der Waals surface area contributed by atoms with Gasteiger partial charge in [-0.05, 0) is 39.2 Å². The van der Waals surface area contributed by atoms with Crippen LogP contribution in [0.2, 0.25) is 0 Å². The molecule has 3 rings (SSSR count). The number of hydrogen-bond donors (Lipinski definition) is 0. The molecule has 1 heterocycles. The summed E-state index contributed by atoms with van der Waals surface area (Å²) in [7, 11) is 0. The van der Waals surface area contributed by atoms with Gasteiger partial charge in [-0.3, -0.25) is 4.79 Å². The van der Waals surface area contributed by atoms with E-state index in [1.54, 1.807) is 23.9 Å². The fourth-order valence-electron chi connectivity index (χ4n) is 2.35. The van der Waals surface area contributed by atoms with E-state index in [2.05, 4.69) is 15.9 Å². The van der Waals surface area contributed by atoms with E-state index in [4.69, 9.17) is 0 Å². The molecule has 0 aliphatic carbocycles. The van der Waals surface area contributed by atoms with Crippen molar-refractivity contribution in [1.82, 2.24) is 4.90 Å². The number of amides is 1. The van der Waals surface area contributed by atoms with Crippen molar-refractivity contribution in [3.05, 3.63) is 69.9 Å². The lowest BCUT2D eigenvalue weighted by Gasteiger charge is -2.24. The molecule has 2 aromatic carbocycles. The molecule has 2 aromatic rings. The smallest absolute Gasteiger partial charge is 0.234 e. The maximum absolute atomic E-state index is 13.4. The van der Waals surface area contributed by atoms with Crippen LogP contribution in [0.4, 0.5) is 4.39 Å². The molecule has 108 valence electrons. The number of halogens is 2. The molecule has 1 saturated heterocycles. The highest BCUT2D eigenvalue weighted by molar-refractivity contribution is 9.10. The molecule has 5 heteroatoms. The van der Waals surface area contributed by atoms with Gasteiger partial charge in [0, 0.05) is 6.54 Å². The van der Waals surface area contributed by atoms with Gasteiger partial charge in [-0.25, -0.2) is 4.39 Å². The van der Waals surface area contributed by atoms with E-state index in [0.717, 1.165) is 11.1 Å². The Bertz CT molecular complexity index is 665. The zero-order chi connectivity index (χ0) is 14.8. The molecule has 1 atom stereocenters. The summed E-state index contributed by atoms with van der Waals surface area (Å²) in [4.78, 5) is 14.0. The van der Waals surface area contributed by atoms with Gasteiger partial charge in [0.15, 0.2) is 0 Å². The molecule has 1 amide bonds. The number of nitrogens with zero attached hydrogens (tertiary/aromatic N) is 1. The number of carbonyl (C=O) groups is 1. The lowest BCUT2D eigenvalue weighted by molar-refractivity contribution is -0.128. The standard InChI is InChI=1S/C16H13BrFNOS/c17-13-8-12(6-7-14(13)18)16-19(15(20)10-21-16)9-11-4-2-1-3-5-11/h1-8,16H,9-10H2. The molecule has 0 radical (unpaired) electrons. The average Bonchev–Trinajstić information content (AvgIpc) is 2.85. The van der Waals surface area contributed by atoms with E-state index < -0.39 is 0 Å². The molecule has 0 N–H and O–H groups in total. The third-order valence-electron chi connectivity index (χ3n) is 3.39. The van der Waals surface area contributed by atoms with Crippen LogP contribution in [0.1, 0.15) is 16.5 Å². The highest BCUT2D eigenvalue weighted by Gasteiger charge is 2.32. The summed E-state index contributed by atoms with van der Waals surface area (Å²) in [6.45, 7) is 0.576. The van der Waals surface area contributed by atoms with Gasteiger partial charge < -0.3 is 4.90 Å². The van der Waals surface area contributed by atoms with Gasteiger partial charge in [-0.2, -0.15) is 0 Å². The molecule has 1 unspecified atom stereocenters. The second-order valence-corrected chi connectivity index (χ2v) is 6.77. The van der Waals surface area contributed by atoms with Crippen molar-refractivity contribution in [1.29, 1.82) is 0 Å². The van der Waals surface area contributed by atoms with E-state index in [9.17, 15) is 9.18 Å². The predicted molar refractivity (Wildman–Crippen MR) is 86.3 cm³/mol. The average molecular weight is 366 g/mol. The third kappa shape index (κ3) is 3.14. The molecular formula is C16H13BrFNOS. The monoisotopic (exact) mass is 365 g/mol. The summed E-state index contributed by atoms with van der Waals surface area (Å²) < 4.78 is 13.8. The number of rotatable bonds is 3. The normalized spacial score (nSPS) is 18.3. The first-order chi connectivity index (χ1) is 10.1. The summed E-state index contributed by atoms with van der Waals surface area (Å²) in [5.74, 6) is 0.295. The van der Waals surface area contributed by atoms with E-state index in [-0.39, 0.29) is 17.1 Å². The van der Waals surface area contributed by atoms with E-state index in [1.165, 1.54) is 6.07 Å². The lowest BCUT2D eigenvalue weighted by Crippen LogP contribution is -2.27. The van der Waals surface area contributed by atoms with Gasteiger partial charge in [0.25, 0.3) is 0 Å². The molecule has 21 heavy (non-hydrogen) atoms.